The Balaban J connectivity index is 1.55. The number of esters is 1. The molecule has 24 heavy (non-hydrogen) atoms. The number of aryl methyl sites for hydroxylation is 2. The first kappa shape index (κ1) is 18.8. The van der Waals surface area contributed by atoms with Gasteiger partial charge in [-0.25, -0.2) is 0 Å². The predicted octanol–water partition coefficient (Wildman–Crippen LogP) is 3.55. The van der Waals surface area contributed by atoms with Crippen molar-refractivity contribution in [1.82, 2.24) is 4.98 Å². The monoisotopic (exact) mass is 331 g/mol. The van der Waals surface area contributed by atoms with Crippen molar-refractivity contribution in [1.29, 1.82) is 0 Å². The quantitative estimate of drug-likeness (QED) is 0.404. The first-order valence-corrected chi connectivity index (χ1v) is 9.42. The third-order valence-corrected chi connectivity index (χ3v) is 4.62. The second kappa shape index (κ2) is 10.3. The number of aromatic nitrogens is 1. The van der Waals surface area contributed by atoms with E-state index >= 15 is 0 Å². The number of carbonyl (C=O) groups excluding carboxylic acids is 1. The maximum Gasteiger partial charge on any atom is 0.322 e. The summed E-state index contributed by atoms with van der Waals surface area (Å²) >= 11 is 0. The fourth-order valence-electron chi connectivity index (χ4n) is 3.18. The number of unbranched alkanes of at least 4 members (excludes halogenated alkanes) is 4. The van der Waals surface area contributed by atoms with Crippen LogP contribution in [0.3, 0.4) is 0 Å². The van der Waals surface area contributed by atoms with E-state index in [4.69, 9.17) is 15.5 Å². The number of hydrogen-bond acceptors (Lipinski definition) is 4. The Morgan fingerprint density at radius 2 is 2.08 bits per heavy atom. The van der Waals surface area contributed by atoms with E-state index in [1.165, 1.54) is 42.6 Å². The molecule has 0 saturated carbocycles. The van der Waals surface area contributed by atoms with Crippen LogP contribution in [0.25, 0.3) is 0 Å². The Morgan fingerprint density at radius 1 is 1.29 bits per heavy atom. The van der Waals surface area contributed by atoms with Gasteiger partial charge in [0.2, 0.25) is 0 Å². The summed E-state index contributed by atoms with van der Waals surface area (Å²) in [7, 11) is 0. The summed E-state index contributed by atoms with van der Waals surface area (Å²) in [6, 6.07) is 4.01. The number of rotatable bonds is 10. The molecule has 0 unspecified atom stereocenters. The van der Waals surface area contributed by atoms with Crippen molar-refractivity contribution in [3.63, 3.8) is 0 Å². The summed E-state index contributed by atoms with van der Waals surface area (Å²) in [5, 5.41) is 0. The van der Waals surface area contributed by atoms with Gasteiger partial charge >= 0.3 is 5.97 Å². The third kappa shape index (κ3) is 6.16. The third-order valence-electron chi connectivity index (χ3n) is 4.62. The number of fused-ring (bicyclic) bond motifs is 1. The lowest BCUT2D eigenvalue weighted by molar-refractivity contribution is -0.144. The average molecular weight is 331 g/mol. The topological polar surface area (TPSA) is 65.2 Å². The standard InChI is InChI=1S/C20H31N2O2/c1-2-24-20(23)18(21)12-7-5-3-4-6-11-17-15-14-16-10-8-9-13-19(16)22-17/h9,14-15,18H,2-8,10-13,21H2,1H3/q+1/t18-/m0/s1. The maximum atomic E-state index is 11.4. The molecule has 0 saturated heterocycles. The second-order valence-electron chi connectivity index (χ2n) is 6.60. The molecule has 0 aromatic carbocycles. The Bertz CT molecular complexity index is 516. The van der Waals surface area contributed by atoms with Gasteiger partial charge in [0.15, 0.2) is 0 Å². The lowest BCUT2D eigenvalue weighted by Gasteiger charge is -2.11. The molecule has 0 radical (unpaired) electrons. The van der Waals surface area contributed by atoms with Crippen LogP contribution in [0.1, 0.15) is 68.8 Å². The molecule has 0 spiro atoms. The van der Waals surface area contributed by atoms with Gasteiger partial charge in [0.25, 0.3) is 0 Å². The molecule has 4 heteroatoms. The van der Waals surface area contributed by atoms with Crippen LogP contribution >= 0.6 is 0 Å². The van der Waals surface area contributed by atoms with Gasteiger partial charge < -0.3 is 10.5 Å². The molecule has 1 aliphatic carbocycles. The van der Waals surface area contributed by atoms with Crippen LogP contribution in [0.4, 0.5) is 0 Å². The molecule has 1 aromatic rings. The first-order valence-electron chi connectivity index (χ1n) is 9.42. The normalized spacial score (nSPS) is 14.6. The van der Waals surface area contributed by atoms with Crippen molar-refractivity contribution in [2.45, 2.75) is 77.2 Å². The summed E-state index contributed by atoms with van der Waals surface area (Å²) in [5.74, 6) is -0.270. The molecule has 1 heterocycles. The highest BCUT2D eigenvalue weighted by Gasteiger charge is 2.16. The fraction of sp³-hybridized carbons (Fsp3) is 0.650. The van der Waals surface area contributed by atoms with Crippen LogP contribution in [-0.4, -0.2) is 23.6 Å². The first-order chi connectivity index (χ1) is 11.7. The van der Waals surface area contributed by atoms with Crippen LogP contribution in [-0.2, 0) is 28.8 Å². The van der Waals surface area contributed by atoms with E-state index in [9.17, 15) is 4.79 Å². The van der Waals surface area contributed by atoms with E-state index in [1.54, 1.807) is 6.92 Å². The predicted molar refractivity (Wildman–Crippen MR) is 96.6 cm³/mol. The highest BCUT2D eigenvalue weighted by Crippen LogP contribution is 2.19. The van der Waals surface area contributed by atoms with Crippen molar-refractivity contribution < 1.29 is 9.53 Å². The molecule has 1 aliphatic rings. The highest BCUT2D eigenvalue weighted by atomic mass is 16.5. The van der Waals surface area contributed by atoms with E-state index in [2.05, 4.69) is 18.6 Å². The van der Waals surface area contributed by atoms with E-state index in [0.717, 1.165) is 38.5 Å². The van der Waals surface area contributed by atoms with E-state index in [1.807, 2.05) is 0 Å². The zero-order valence-corrected chi connectivity index (χ0v) is 14.9. The number of nitrogens with two attached hydrogens (primary N) is 1. The maximum absolute atomic E-state index is 11.4. The minimum atomic E-state index is -0.457. The number of ether oxygens (including phenoxy) is 1. The zero-order chi connectivity index (χ0) is 17.2. The smallest absolute Gasteiger partial charge is 0.322 e. The Kier molecular flexibility index (Phi) is 8.10. The Labute approximate surface area is 146 Å². The van der Waals surface area contributed by atoms with Crippen molar-refractivity contribution >= 4 is 5.97 Å². The van der Waals surface area contributed by atoms with Gasteiger partial charge in [-0.1, -0.05) is 31.7 Å². The number of pyridine rings is 1. The van der Waals surface area contributed by atoms with Gasteiger partial charge in [0.05, 0.1) is 25.1 Å². The van der Waals surface area contributed by atoms with Gasteiger partial charge in [-0.2, -0.15) is 0 Å². The molecule has 0 bridgehead atoms. The van der Waals surface area contributed by atoms with Crippen molar-refractivity contribution in [2.75, 3.05) is 6.61 Å². The van der Waals surface area contributed by atoms with Gasteiger partial charge in [0, 0.05) is 12.1 Å². The Hall–Kier alpha value is -1.55. The fourth-order valence-corrected chi connectivity index (χ4v) is 3.18. The number of carbonyl (C=O) groups is 1. The van der Waals surface area contributed by atoms with Gasteiger partial charge in [-0.3, -0.25) is 9.78 Å². The molecule has 0 aliphatic heterocycles. The van der Waals surface area contributed by atoms with E-state index < -0.39 is 6.04 Å². The second-order valence-corrected chi connectivity index (χ2v) is 6.60. The summed E-state index contributed by atoms with van der Waals surface area (Å²) in [6.45, 7) is 2.21. The SMILES string of the molecule is CCOC(=O)[C@@H](N)CCCCCCCc1ccc2c(n1)C[CH+]CC2. The minimum Gasteiger partial charge on any atom is -0.465 e. The number of nitrogens with zero attached hydrogens (tertiary/aromatic N) is 1. The molecule has 132 valence electrons. The largest absolute Gasteiger partial charge is 0.465 e. The van der Waals surface area contributed by atoms with Crippen LogP contribution in [0.5, 0.6) is 0 Å². The highest BCUT2D eigenvalue weighted by molar-refractivity contribution is 5.75. The molecule has 4 nitrogen and oxygen atoms in total. The molecule has 1 atom stereocenters. The minimum absolute atomic E-state index is 0.270. The van der Waals surface area contributed by atoms with Crippen molar-refractivity contribution in [3.8, 4) is 0 Å². The van der Waals surface area contributed by atoms with Crippen LogP contribution in [0.2, 0.25) is 0 Å². The van der Waals surface area contributed by atoms with Crippen molar-refractivity contribution in [3.05, 3.63) is 35.5 Å². The van der Waals surface area contributed by atoms with E-state index in [0.29, 0.717) is 6.61 Å². The van der Waals surface area contributed by atoms with Gasteiger partial charge in [-0.15, -0.1) is 0 Å². The summed E-state index contributed by atoms with van der Waals surface area (Å²) in [5.41, 5.74) is 9.73. The summed E-state index contributed by atoms with van der Waals surface area (Å²) < 4.78 is 4.91. The van der Waals surface area contributed by atoms with Crippen LogP contribution in [0, 0.1) is 6.42 Å². The summed E-state index contributed by atoms with van der Waals surface area (Å²) in [4.78, 5) is 16.2. The molecular weight excluding hydrogens is 300 g/mol. The molecule has 0 fully saturated rings. The van der Waals surface area contributed by atoms with Crippen molar-refractivity contribution in [2.24, 2.45) is 5.73 Å². The van der Waals surface area contributed by atoms with Gasteiger partial charge in [0.1, 0.15) is 12.5 Å². The molecule has 1 aromatic heterocycles. The molecule has 2 rings (SSSR count). The van der Waals surface area contributed by atoms with Crippen LogP contribution < -0.4 is 5.73 Å². The molecular formula is C20H31N2O2+. The number of hydrogen-bond donors (Lipinski definition) is 1. The molecule has 0 amide bonds. The Morgan fingerprint density at radius 3 is 2.92 bits per heavy atom. The van der Waals surface area contributed by atoms with Crippen LogP contribution in [0.15, 0.2) is 12.1 Å². The summed E-state index contributed by atoms with van der Waals surface area (Å²) in [6.07, 6.45) is 13.2. The average Bonchev–Trinajstić information content (AvgIpc) is 2.60. The molecule has 2 N–H and O–H groups in total. The lowest BCUT2D eigenvalue weighted by atomic mass is 9.95. The zero-order valence-electron chi connectivity index (χ0n) is 14.9. The lowest BCUT2D eigenvalue weighted by Crippen LogP contribution is -2.32. The van der Waals surface area contributed by atoms with Gasteiger partial charge in [-0.05, 0) is 37.8 Å². The van der Waals surface area contributed by atoms with E-state index in [-0.39, 0.29) is 5.97 Å².